The number of nitrogens with zero attached hydrogens (tertiary/aromatic N) is 5. The molecular formula is C29H16Br2ClN5O6. The lowest BCUT2D eigenvalue weighted by molar-refractivity contribution is -0.385. The van der Waals surface area contributed by atoms with Gasteiger partial charge < -0.3 is 13.9 Å². The summed E-state index contributed by atoms with van der Waals surface area (Å²) in [7, 11) is 1.42. The molecule has 0 aliphatic heterocycles. The van der Waals surface area contributed by atoms with Gasteiger partial charge in [-0.05, 0) is 58.4 Å². The highest BCUT2D eigenvalue weighted by atomic mass is 79.9. The molecule has 6 aromatic rings. The molecule has 0 saturated carbocycles. The van der Waals surface area contributed by atoms with Crippen LogP contribution in [0.1, 0.15) is 5.56 Å². The lowest BCUT2D eigenvalue weighted by atomic mass is 10.2. The van der Waals surface area contributed by atoms with Gasteiger partial charge in [0.2, 0.25) is 11.7 Å². The fraction of sp³-hybridized carbons (Fsp3) is 0.0345. The van der Waals surface area contributed by atoms with E-state index in [9.17, 15) is 14.9 Å². The fourth-order valence-corrected chi connectivity index (χ4v) is 5.24. The quantitative estimate of drug-likeness (QED) is 0.0919. The first-order valence-corrected chi connectivity index (χ1v) is 14.3. The van der Waals surface area contributed by atoms with Crippen LogP contribution in [0.4, 0.5) is 5.69 Å². The molecule has 11 nitrogen and oxygen atoms in total. The lowest BCUT2D eigenvalue weighted by Gasteiger charge is -2.14. The number of aromatic nitrogens is 3. The summed E-state index contributed by atoms with van der Waals surface area (Å²) in [6, 6.07) is 18.5. The third-order valence-corrected chi connectivity index (χ3v) is 8.22. The molecule has 0 radical (unpaired) electrons. The number of pyridine rings is 1. The van der Waals surface area contributed by atoms with Crippen LogP contribution in [0.15, 0.2) is 96.2 Å². The second-order valence-corrected chi connectivity index (χ2v) is 11.0. The zero-order chi connectivity index (χ0) is 30.2. The van der Waals surface area contributed by atoms with Crippen molar-refractivity contribution in [3.8, 4) is 29.0 Å². The van der Waals surface area contributed by atoms with E-state index in [-0.39, 0.29) is 33.9 Å². The minimum atomic E-state index is -0.565. The predicted molar refractivity (Wildman–Crippen MR) is 169 cm³/mol. The lowest BCUT2D eigenvalue weighted by Crippen LogP contribution is -2.20. The SMILES string of the molecule is COc1cc(C=Nn2c(-c3cc4cc(Br)ccc4o3)nc3ccccc3c2=O)c(Br)c(Cl)c1Oc1ccc([N+](=O)[O-])cn1. The smallest absolute Gasteiger partial charge is 0.287 e. The maximum atomic E-state index is 13.6. The molecule has 14 heteroatoms. The van der Waals surface area contributed by atoms with Crippen LogP contribution in [0.2, 0.25) is 5.02 Å². The number of hydrogen-bond acceptors (Lipinski definition) is 9. The van der Waals surface area contributed by atoms with Crippen LogP contribution in [0.3, 0.4) is 0 Å². The molecule has 3 heterocycles. The molecule has 0 spiro atoms. The highest BCUT2D eigenvalue weighted by Gasteiger charge is 2.20. The van der Waals surface area contributed by atoms with Crippen molar-refractivity contribution < 1.29 is 18.8 Å². The molecule has 0 atom stereocenters. The Morgan fingerprint density at radius 3 is 2.67 bits per heavy atom. The summed E-state index contributed by atoms with van der Waals surface area (Å²) in [4.78, 5) is 32.7. The Morgan fingerprint density at radius 1 is 1.12 bits per heavy atom. The van der Waals surface area contributed by atoms with Crippen LogP contribution in [0.25, 0.3) is 33.5 Å². The van der Waals surface area contributed by atoms with Crippen molar-refractivity contribution in [1.82, 2.24) is 14.6 Å². The average molecular weight is 726 g/mol. The number of furan rings is 1. The van der Waals surface area contributed by atoms with Gasteiger partial charge in [0, 0.05) is 32.0 Å². The van der Waals surface area contributed by atoms with Gasteiger partial charge in [-0.3, -0.25) is 14.9 Å². The number of para-hydroxylation sites is 1. The number of nitro groups is 1. The Bertz CT molecular complexity index is 2150. The molecule has 0 unspecified atom stereocenters. The normalized spacial score (nSPS) is 11.4. The summed E-state index contributed by atoms with van der Waals surface area (Å²) < 4.78 is 19.8. The molecule has 0 aliphatic rings. The van der Waals surface area contributed by atoms with E-state index in [0.29, 0.717) is 32.3 Å². The van der Waals surface area contributed by atoms with Crippen LogP contribution >= 0.6 is 43.5 Å². The molecular weight excluding hydrogens is 710 g/mol. The van der Waals surface area contributed by atoms with E-state index >= 15 is 0 Å². The molecule has 0 fully saturated rings. The Hall–Kier alpha value is -4.59. The predicted octanol–water partition coefficient (Wildman–Crippen LogP) is 7.97. The molecule has 3 aromatic heterocycles. The second kappa shape index (κ2) is 11.6. The molecule has 3 aromatic carbocycles. The average Bonchev–Trinajstić information content (AvgIpc) is 3.43. The molecule has 0 bridgehead atoms. The van der Waals surface area contributed by atoms with Gasteiger partial charge in [0.25, 0.3) is 11.2 Å². The zero-order valence-electron chi connectivity index (χ0n) is 21.8. The number of rotatable bonds is 7. The van der Waals surface area contributed by atoms with Gasteiger partial charge in [-0.1, -0.05) is 39.7 Å². The van der Waals surface area contributed by atoms with Crippen LogP contribution < -0.4 is 15.0 Å². The summed E-state index contributed by atoms with van der Waals surface area (Å²) in [6.07, 6.45) is 2.49. The van der Waals surface area contributed by atoms with Crippen molar-refractivity contribution in [3.05, 3.63) is 113 Å². The summed E-state index contributed by atoms with van der Waals surface area (Å²) >= 11 is 13.6. The van der Waals surface area contributed by atoms with E-state index in [1.54, 1.807) is 36.4 Å². The van der Waals surface area contributed by atoms with Crippen molar-refractivity contribution in [2.24, 2.45) is 5.10 Å². The van der Waals surface area contributed by atoms with Crippen molar-refractivity contribution in [2.75, 3.05) is 7.11 Å². The van der Waals surface area contributed by atoms with Crippen molar-refractivity contribution >= 4 is 77.2 Å². The highest BCUT2D eigenvalue weighted by molar-refractivity contribution is 9.10. The fourth-order valence-electron chi connectivity index (χ4n) is 4.23. The number of ether oxygens (including phenoxy) is 2. The Balaban J connectivity index is 1.44. The summed E-state index contributed by atoms with van der Waals surface area (Å²) in [5.41, 5.74) is 0.963. The largest absolute Gasteiger partial charge is 0.493 e. The maximum absolute atomic E-state index is 13.6. The number of hydrogen-bond donors (Lipinski definition) is 0. The molecule has 43 heavy (non-hydrogen) atoms. The van der Waals surface area contributed by atoms with Gasteiger partial charge in [0.1, 0.15) is 16.8 Å². The monoisotopic (exact) mass is 723 g/mol. The molecule has 0 amide bonds. The first-order chi connectivity index (χ1) is 20.7. The number of methoxy groups -OCH3 is 1. The van der Waals surface area contributed by atoms with Crippen molar-refractivity contribution in [2.45, 2.75) is 0 Å². The minimum Gasteiger partial charge on any atom is -0.493 e. The third kappa shape index (κ3) is 5.49. The number of halogens is 3. The van der Waals surface area contributed by atoms with Crippen molar-refractivity contribution in [3.63, 3.8) is 0 Å². The molecule has 0 aliphatic carbocycles. The molecule has 0 saturated heterocycles. The van der Waals surface area contributed by atoms with E-state index < -0.39 is 10.5 Å². The summed E-state index contributed by atoms with van der Waals surface area (Å²) in [5.74, 6) is 0.957. The zero-order valence-corrected chi connectivity index (χ0v) is 25.8. The van der Waals surface area contributed by atoms with E-state index in [2.05, 4.69) is 41.9 Å². The Kier molecular flexibility index (Phi) is 7.69. The summed E-state index contributed by atoms with van der Waals surface area (Å²) in [5, 5.41) is 16.7. The van der Waals surface area contributed by atoms with Crippen LogP contribution in [-0.2, 0) is 0 Å². The minimum absolute atomic E-state index is 0.0652. The van der Waals surface area contributed by atoms with Crippen LogP contribution in [-0.4, -0.2) is 32.9 Å². The standard InChI is InChI=1S/C29H16Br2ClN5O6/c1-41-22-12-16(25(31)26(32)27(22)43-24-9-7-18(14-33-24)37(39)40)13-34-36-28(35-20-5-3-2-4-19(20)29(36)38)23-11-15-10-17(30)6-8-21(15)42-23/h2-14H,1H3. The topological polar surface area (TPSA) is 135 Å². The molecule has 214 valence electrons. The number of fused-ring (bicyclic) bond motifs is 2. The van der Waals surface area contributed by atoms with E-state index in [1.807, 2.05) is 18.2 Å². The van der Waals surface area contributed by atoms with Crippen LogP contribution in [0, 0.1) is 10.1 Å². The first kappa shape index (κ1) is 28.5. The number of benzene rings is 3. The van der Waals surface area contributed by atoms with Gasteiger partial charge in [-0.15, -0.1) is 0 Å². The van der Waals surface area contributed by atoms with Gasteiger partial charge in [0.15, 0.2) is 17.3 Å². The van der Waals surface area contributed by atoms with Gasteiger partial charge >= 0.3 is 0 Å². The van der Waals surface area contributed by atoms with Crippen LogP contribution in [0.5, 0.6) is 17.4 Å². The van der Waals surface area contributed by atoms with Gasteiger partial charge in [-0.2, -0.15) is 9.78 Å². The maximum Gasteiger partial charge on any atom is 0.287 e. The highest BCUT2D eigenvalue weighted by Crippen LogP contribution is 2.44. The van der Waals surface area contributed by atoms with E-state index in [0.717, 1.165) is 20.7 Å². The third-order valence-electron chi connectivity index (χ3n) is 6.28. The van der Waals surface area contributed by atoms with E-state index in [4.69, 9.17) is 30.5 Å². The summed E-state index contributed by atoms with van der Waals surface area (Å²) in [6.45, 7) is 0. The molecule has 0 N–H and O–H groups in total. The van der Waals surface area contributed by atoms with Gasteiger partial charge in [0.05, 0.1) is 29.2 Å². The van der Waals surface area contributed by atoms with Crippen molar-refractivity contribution in [1.29, 1.82) is 0 Å². The van der Waals surface area contributed by atoms with Gasteiger partial charge in [-0.25, -0.2) is 9.97 Å². The van der Waals surface area contributed by atoms with E-state index in [1.165, 1.54) is 25.5 Å². The Morgan fingerprint density at radius 2 is 1.93 bits per heavy atom. The first-order valence-electron chi connectivity index (χ1n) is 12.3. The molecule has 6 rings (SSSR count). The Labute approximate surface area is 263 Å². The second-order valence-electron chi connectivity index (χ2n) is 8.95.